The Hall–Kier alpha value is -1.55. The number of ether oxygens (including phenoxy) is 1. The molecule has 1 heterocycles. The number of amides is 1. The van der Waals surface area contributed by atoms with Gasteiger partial charge in [-0.05, 0) is 42.9 Å². The average Bonchev–Trinajstić information content (AvgIpc) is 3.20. The topological polar surface area (TPSA) is 32.8 Å². The third kappa shape index (κ3) is 4.75. The molecule has 138 valence electrons. The molecule has 1 atom stereocenters. The maximum atomic E-state index is 12.7. The molecule has 1 aliphatic heterocycles. The van der Waals surface area contributed by atoms with Crippen molar-refractivity contribution in [1.29, 1.82) is 0 Å². The Morgan fingerprint density at radius 3 is 2.60 bits per heavy atom. The van der Waals surface area contributed by atoms with E-state index in [1.807, 2.05) is 6.07 Å². The van der Waals surface area contributed by atoms with Crippen molar-refractivity contribution >= 4 is 5.91 Å². The predicted octanol–water partition coefficient (Wildman–Crippen LogP) is 3.21. The second-order valence-corrected chi connectivity index (χ2v) is 7.60. The number of benzene rings is 1. The molecule has 0 bridgehead atoms. The molecule has 1 aromatic carbocycles. The molecule has 1 unspecified atom stereocenters. The summed E-state index contributed by atoms with van der Waals surface area (Å²) in [7, 11) is 1.71. The predicted molar refractivity (Wildman–Crippen MR) is 101 cm³/mol. The summed E-state index contributed by atoms with van der Waals surface area (Å²) < 4.78 is 5.29. The SMILES string of the molecule is COc1cccc(CCN2CCN(C(=O)C(C)C3CCCC3)CC2)c1. The lowest BCUT2D eigenvalue weighted by Crippen LogP contribution is -2.51. The van der Waals surface area contributed by atoms with Crippen LogP contribution in [0.4, 0.5) is 0 Å². The zero-order valence-corrected chi connectivity index (χ0v) is 15.7. The molecule has 1 saturated heterocycles. The second kappa shape index (κ2) is 8.70. The highest BCUT2D eigenvalue weighted by Crippen LogP contribution is 2.32. The van der Waals surface area contributed by atoms with Crippen LogP contribution >= 0.6 is 0 Å². The molecule has 4 heteroatoms. The normalized spacial score (nSPS) is 20.6. The number of carbonyl (C=O) groups excluding carboxylic acids is 1. The first-order valence-electron chi connectivity index (χ1n) is 9.81. The van der Waals surface area contributed by atoms with Crippen molar-refractivity contribution < 1.29 is 9.53 Å². The summed E-state index contributed by atoms with van der Waals surface area (Å²) in [6.07, 6.45) is 6.13. The van der Waals surface area contributed by atoms with Gasteiger partial charge in [0.25, 0.3) is 0 Å². The Kier molecular flexibility index (Phi) is 6.35. The van der Waals surface area contributed by atoms with E-state index in [1.54, 1.807) is 7.11 Å². The maximum Gasteiger partial charge on any atom is 0.225 e. The van der Waals surface area contributed by atoms with E-state index in [-0.39, 0.29) is 5.92 Å². The van der Waals surface area contributed by atoms with E-state index >= 15 is 0 Å². The van der Waals surface area contributed by atoms with E-state index < -0.39 is 0 Å². The number of nitrogens with zero attached hydrogens (tertiary/aromatic N) is 2. The minimum atomic E-state index is 0.214. The fourth-order valence-electron chi connectivity index (χ4n) is 4.25. The monoisotopic (exact) mass is 344 g/mol. The van der Waals surface area contributed by atoms with Crippen molar-refractivity contribution in [1.82, 2.24) is 9.80 Å². The highest BCUT2D eigenvalue weighted by Gasteiger charge is 2.31. The number of methoxy groups -OCH3 is 1. The van der Waals surface area contributed by atoms with Crippen LogP contribution in [0.3, 0.4) is 0 Å². The summed E-state index contributed by atoms with van der Waals surface area (Å²) in [6.45, 7) is 6.95. The number of carbonyl (C=O) groups is 1. The summed E-state index contributed by atoms with van der Waals surface area (Å²) in [4.78, 5) is 17.3. The zero-order valence-electron chi connectivity index (χ0n) is 15.7. The lowest BCUT2D eigenvalue weighted by Gasteiger charge is -2.37. The van der Waals surface area contributed by atoms with Crippen LogP contribution in [0.2, 0.25) is 0 Å². The van der Waals surface area contributed by atoms with E-state index in [1.165, 1.54) is 31.2 Å². The minimum absolute atomic E-state index is 0.214. The zero-order chi connectivity index (χ0) is 17.6. The van der Waals surface area contributed by atoms with E-state index in [0.717, 1.165) is 44.9 Å². The summed E-state index contributed by atoms with van der Waals surface area (Å²) in [5, 5.41) is 0. The van der Waals surface area contributed by atoms with Gasteiger partial charge in [0.2, 0.25) is 5.91 Å². The van der Waals surface area contributed by atoms with Gasteiger partial charge < -0.3 is 9.64 Å². The van der Waals surface area contributed by atoms with Gasteiger partial charge in [-0.15, -0.1) is 0 Å². The summed E-state index contributed by atoms with van der Waals surface area (Å²) in [5.74, 6) is 2.15. The second-order valence-electron chi connectivity index (χ2n) is 7.60. The van der Waals surface area contributed by atoms with Crippen molar-refractivity contribution in [2.45, 2.75) is 39.0 Å². The highest BCUT2D eigenvalue weighted by atomic mass is 16.5. The standard InChI is InChI=1S/C21H32N2O2/c1-17(19-7-3-4-8-19)21(24)23-14-12-22(13-15-23)11-10-18-6-5-9-20(16-18)25-2/h5-6,9,16-17,19H,3-4,7-8,10-15H2,1-2H3. The summed E-state index contributed by atoms with van der Waals surface area (Å²) in [5.41, 5.74) is 1.31. The van der Waals surface area contributed by atoms with Crippen LogP contribution in [0.15, 0.2) is 24.3 Å². The van der Waals surface area contributed by atoms with Crippen LogP contribution in [-0.4, -0.2) is 55.5 Å². The van der Waals surface area contributed by atoms with E-state index in [0.29, 0.717) is 11.8 Å². The molecule has 4 nitrogen and oxygen atoms in total. The van der Waals surface area contributed by atoms with Crippen molar-refractivity contribution in [3.8, 4) is 5.75 Å². The van der Waals surface area contributed by atoms with E-state index in [2.05, 4.69) is 34.9 Å². The van der Waals surface area contributed by atoms with Crippen molar-refractivity contribution in [2.75, 3.05) is 39.8 Å². The van der Waals surface area contributed by atoms with Crippen LogP contribution in [0.1, 0.15) is 38.2 Å². The molecular formula is C21H32N2O2. The molecule has 1 aliphatic carbocycles. The Morgan fingerprint density at radius 1 is 1.20 bits per heavy atom. The fraction of sp³-hybridized carbons (Fsp3) is 0.667. The molecule has 0 aromatic heterocycles. The number of rotatable bonds is 6. The molecule has 0 spiro atoms. The van der Waals surface area contributed by atoms with Crippen LogP contribution in [0.5, 0.6) is 5.75 Å². The average molecular weight is 344 g/mol. The molecule has 0 N–H and O–H groups in total. The Balaban J connectivity index is 1.42. The van der Waals surface area contributed by atoms with E-state index in [4.69, 9.17) is 4.74 Å². The van der Waals surface area contributed by atoms with Gasteiger partial charge in [0, 0.05) is 38.6 Å². The Morgan fingerprint density at radius 2 is 1.92 bits per heavy atom. The van der Waals surface area contributed by atoms with Crippen LogP contribution in [0.25, 0.3) is 0 Å². The fourth-order valence-corrected chi connectivity index (χ4v) is 4.25. The van der Waals surface area contributed by atoms with E-state index in [9.17, 15) is 4.79 Å². The quantitative estimate of drug-likeness (QED) is 0.794. The molecule has 2 fully saturated rings. The third-order valence-electron chi connectivity index (χ3n) is 6.03. The molecule has 3 rings (SSSR count). The van der Waals surface area contributed by atoms with Gasteiger partial charge in [-0.25, -0.2) is 0 Å². The van der Waals surface area contributed by atoms with Crippen molar-refractivity contribution in [3.63, 3.8) is 0 Å². The van der Waals surface area contributed by atoms with Crippen LogP contribution in [0, 0.1) is 11.8 Å². The first kappa shape index (κ1) is 18.2. The largest absolute Gasteiger partial charge is 0.497 e. The first-order chi connectivity index (χ1) is 12.2. The van der Waals surface area contributed by atoms with Crippen molar-refractivity contribution in [2.24, 2.45) is 11.8 Å². The molecular weight excluding hydrogens is 312 g/mol. The first-order valence-corrected chi connectivity index (χ1v) is 9.81. The van der Waals surface area contributed by atoms with Gasteiger partial charge in [-0.2, -0.15) is 0 Å². The smallest absolute Gasteiger partial charge is 0.225 e. The molecule has 2 aliphatic rings. The highest BCUT2D eigenvalue weighted by molar-refractivity contribution is 5.79. The number of hydrogen-bond acceptors (Lipinski definition) is 3. The molecule has 1 amide bonds. The lowest BCUT2D eigenvalue weighted by molar-refractivity contribution is -0.138. The Labute approximate surface area is 152 Å². The summed E-state index contributed by atoms with van der Waals surface area (Å²) >= 11 is 0. The van der Waals surface area contributed by atoms with Gasteiger partial charge in [0.1, 0.15) is 5.75 Å². The third-order valence-corrected chi connectivity index (χ3v) is 6.03. The van der Waals surface area contributed by atoms with Crippen molar-refractivity contribution in [3.05, 3.63) is 29.8 Å². The molecule has 1 saturated carbocycles. The lowest BCUT2D eigenvalue weighted by atomic mass is 9.91. The van der Waals surface area contributed by atoms with Gasteiger partial charge in [0.05, 0.1) is 7.11 Å². The number of hydrogen-bond donors (Lipinski definition) is 0. The van der Waals surface area contributed by atoms with Gasteiger partial charge >= 0.3 is 0 Å². The van der Waals surface area contributed by atoms with Gasteiger partial charge in [-0.3, -0.25) is 9.69 Å². The maximum absolute atomic E-state index is 12.7. The molecule has 0 radical (unpaired) electrons. The molecule has 1 aromatic rings. The number of piperazine rings is 1. The van der Waals surface area contributed by atoms with Crippen LogP contribution < -0.4 is 4.74 Å². The minimum Gasteiger partial charge on any atom is -0.497 e. The van der Waals surface area contributed by atoms with Crippen LogP contribution in [-0.2, 0) is 11.2 Å². The summed E-state index contributed by atoms with van der Waals surface area (Å²) in [6, 6.07) is 8.31. The Bertz CT molecular complexity index is 561. The van der Waals surface area contributed by atoms with Gasteiger partial charge in [0.15, 0.2) is 0 Å². The van der Waals surface area contributed by atoms with Gasteiger partial charge in [-0.1, -0.05) is 31.9 Å². The molecule has 25 heavy (non-hydrogen) atoms.